The van der Waals surface area contributed by atoms with Crippen molar-refractivity contribution in [1.82, 2.24) is 5.32 Å². The summed E-state index contributed by atoms with van der Waals surface area (Å²) in [4.78, 5) is 12.3. The molecular formula is C24H43NO7S. The molecule has 1 atom stereocenters. The van der Waals surface area contributed by atoms with Crippen LogP contribution >= 0.6 is 0 Å². The van der Waals surface area contributed by atoms with Gasteiger partial charge in [-0.05, 0) is 37.0 Å². The summed E-state index contributed by atoms with van der Waals surface area (Å²) >= 11 is 0. The maximum Gasteiger partial charge on any atom is 0.407 e. The van der Waals surface area contributed by atoms with E-state index < -0.39 is 28.1 Å². The topological polar surface area (TPSA) is 111 Å². The zero-order valence-corrected chi connectivity index (χ0v) is 20.4. The van der Waals surface area contributed by atoms with Crippen molar-refractivity contribution in [3.63, 3.8) is 0 Å². The molecule has 0 radical (unpaired) electrons. The van der Waals surface area contributed by atoms with Crippen molar-refractivity contribution >= 4 is 16.2 Å². The third kappa shape index (κ3) is 14.7. The predicted octanol–water partition coefficient (Wildman–Crippen LogP) is 5.92. The average Bonchev–Trinajstić information content (AvgIpc) is 2.76. The van der Waals surface area contributed by atoms with E-state index >= 15 is 0 Å². The van der Waals surface area contributed by atoms with E-state index in [0.717, 1.165) is 24.8 Å². The molecule has 1 aromatic carbocycles. The van der Waals surface area contributed by atoms with E-state index in [9.17, 15) is 13.2 Å². The Bertz CT molecular complexity index is 746. The van der Waals surface area contributed by atoms with Gasteiger partial charge in [-0.25, -0.2) is 4.79 Å². The number of alkyl carbamates (subject to hydrolysis) is 1. The lowest BCUT2D eigenvalue weighted by Crippen LogP contribution is -2.28. The largest absolute Gasteiger partial charge is 0.497 e. The molecule has 0 spiro atoms. The second-order valence-electron chi connectivity index (χ2n) is 7.87. The standard InChI is InChI=1S/C23H39NO7S.CH4/c1-4-5-6-7-8-9-10-11-13-22(19-16-20(29-2)18-21(17-19)30-3)31-23(25)24-14-12-15-32(26,27)28;/h16-18,22H,4-15H2,1-3H3,(H,24,25)(H,26,27,28);1H4. The third-order valence-electron chi connectivity index (χ3n) is 5.16. The van der Waals surface area contributed by atoms with Crippen LogP contribution in [0.15, 0.2) is 18.2 Å². The molecule has 33 heavy (non-hydrogen) atoms. The van der Waals surface area contributed by atoms with Crippen molar-refractivity contribution in [3.8, 4) is 11.5 Å². The van der Waals surface area contributed by atoms with Gasteiger partial charge >= 0.3 is 6.09 Å². The van der Waals surface area contributed by atoms with E-state index in [0.29, 0.717) is 17.9 Å². The number of carbonyl (C=O) groups is 1. The van der Waals surface area contributed by atoms with E-state index in [-0.39, 0.29) is 20.4 Å². The molecule has 0 aliphatic rings. The molecule has 0 heterocycles. The average molecular weight is 490 g/mol. The maximum atomic E-state index is 12.3. The first kappa shape index (κ1) is 31.0. The molecule has 2 N–H and O–H groups in total. The fourth-order valence-corrected chi connectivity index (χ4v) is 3.90. The highest BCUT2D eigenvalue weighted by Crippen LogP contribution is 2.31. The molecule has 0 saturated heterocycles. The highest BCUT2D eigenvalue weighted by molar-refractivity contribution is 7.85. The Hall–Kier alpha value is -2.00. The fourth-order valence-electron chi connectivity index (χ4n) is 3.39. The summed E-state index contributed by atoms with van der Waals surface area (Å²) in [7, 11) is -0.920. The van der Waals surface area contributed by atoms with E-state index in [2.05, 4.69) is 12.2 Å². The zero-order valence-electron chi connectivity index (χ0n) is 19.6. The Balaban J connectivity index is 0.0000102. The van der Waals surface area contributed by atoms with Crippen LogP contribution < -0.4 is 14.8 Å². The van der Waals surface area contributed by atoms with E-state index in [1.54, 1.807) is 20.3 Å². The van der Waals surface area contributed by atoms with Gasteiger partial charge in [0.2, 0.25) is 0 Å². The smallest absolute Gasteiger partial charge is 0.407 e. The summed E-state index contributed by atoms with van der Waals surface area (Å²) in [6.07, 6.45) is 9.04. The molecule has 1 aromatic rings. The Morgan fingerprint density at radius 1 is 0.939 bits per heavy atom. The quantitative estimate of drug-likeness (QED) is 0.206. The number of hydrogen-bond acceptors (Lipinski definition) is 6. The van der Waals surface area contributed by atoms with Gasteiger partial charge in [0.1, 0.15) is 17.6 Å². The molecule has 192 valence electrons. The number of benzene rings is 1. The number of methoxy groups -OCH3 is 2. The van der Waals surface area contributed by atoms with Gasteiger partial charge in [0, 0.05) is 12.6 Å². The molecular weight excluding hydrogens is 446 g/mol. The van der Waals surface area contributed by atoms with Crippen LogP contribution in [0.3, 0.4) is 0 Å². The van der Waals surface area contributed by atoms with Crippen molar-refractivity contribution in [2.75, 3.05) is 26.5 Å². The predicted molar refractivity (Wildman–Crippen MR) is 132 cm³/mol. The van der Waals surface area contributed by atoms with Gasteiger partial charge in [-0.2, -0.15) is 8.42 Å². The normalized spacial score (nSPS) is 11.9. The summed E-state index contributed by atoms with van der Waals surface area (Å²) in [5, 5.41) is 2.54. The van der Waals surface area contributed by atoms with E-state index in [4.69, 9.17) is 18.8 Å². The van der Waals surface area contributed by atoms with Crippen molar-refractivity contribution in [3.05, 3.63) is 23.8 Å². The summed E-state index contributed by atoms with van der Waals surface area (Å²) in [6.45, 7) is 2.29. The van der Waals surface area contributed by atoms with Gasteiger partial charge in [-0.15, -0.1) is 0 Å². The minimum absolute atomic E-state index is 0. The lowest BCUT2D eigenvalue weighted by molar-refractivity contribution is 0.0905. The van der Waals surface area contributed by atoms with Crippen molar-refractivity contribution in [1.29, 1.82) is 0 Å². The first-order chi connectivity index (χ1) is 15.3. The Morgan fingerprint density at radius 2 is 1.48 bits per heavy atom. The minimum Gasteiger partial charge on any atom is -0.497 e. The van der Waals surface area contributed by atoms with Crippen LogP contribution in [0.1, 0.15) is 90.2 Å². The molecule has 0 aliphatic carbocycles. The Labute approximate surface area is 200 Å². The first-order valence-electron chi connectivity index (χ1n) is 11.4. The summed E-state index contributed by atoms with van der Waals surface area (Å²) < 4.78 is 46.7. The molecule has 8 nitrogen and oxygen atoms in total. The molecule has 0 saturated carbocycles. The lowest BCUT2D eigenvalue weighted by Gasteiger charge is -2.20. The van der Waals surface area contributed by atoms with Gasteiger partial charge in [0.05, 0.1) is 20.0 Å². The number of ether oxygens (including phenoxy) is 3. The second-order valence-corrected chi connectivity index (χ2v) is 9.44. The van der Waals surface area contributed by atoms with E-state index in [1.807, 2.05) is 12.1 Å². The number of nitrogens with one attached hydrogen (secondary N) is 1. The summed E-state index contributed by atoms with van der Waals surface area (Å²) in [5.41, 5.74) is 0.775. The number of unbranched alkanes of at least 4 members (excludes halogenated alkanes) is 7. The molecule has 0 fully saturated rings. The number of carbonyl (C=O) groups excluding carboxylic acids is 1. The first-order valence-corrected chi connectivity index (χ1v) is 13.0. The lowest BCUT2D eigenvalue weighted by atomic mass is 10.0. The molecule has 0 bridgehead atoms. The van der Waals surface area contributed by atoms with Gasteiger partial charge in [-0.3, -0.25) is 4.55 Å². The molecule has 9 heteroatoms. The van der Waals surface area contributed by atoms with Gasteiger partial charge in [0.15, 0.2) is 0 Å². The third-order valence-corrected chi connectivity index (χ3v) is 5.97. The summed E-state index contributed by atoms with van der Waals surface area (Å²) in [6, 6.07) is 5.40. The van der Waals surface area contributed by atoms with Crippen LogP contribution in [0.4, 0.5) is 4.79 Å². The number of amides is 1. The highest BCUT2D eigenvalue weighted by atomic mass is 32.2. The van der Waals surface area contributed by atoms with E-state index in [1.165, 1.54) is 32.1 Å². The van der Waals surface area contributed by atoms with Gasteiger partial charge in [0.25, 0.3) is 10.1 Å². The van der Waals surface area contributed by atoms with Gasteiger partial charge < -0.3 is 19.5 Å². The van der Waals surface area contributed by atoms with Crippen LogP contribution in [0.25, 0.3) is 0 Å². The second kappa shape index (κ2) is 17.5. The SMILES string of the molecule is C.CCCCCCCCCCC(OC(=O)NCCCS(=O)(=O)O)c1cc(OC)cc(OC)c1. The van der Waals surface area contributed by atoms with Crippen LogP contribution in [-0.4, -0.2) is 45.6 Å². The molecule has 1 rings (SSSR count). The van der Waals surface area contributed by atoms with Crippen molar-refractivity contribution in [2.45, 2.75) is 84.7 Å². The maximum absolute atomic E-state index is 12.3. The molecule has 0 aliphatic heterocycles. The number of hydrogen-bond donors (Lipinski definition) is 2. The number of rotatable bonds is 17. The molecule has 1 amide bonds. The monoisotopic (exact) mass is 489 g/mol. The van der Waals surface area contributed by atoms with Crippen LogP contribution in [0, 0.1) is 0 Å². The van der Waals surface area contributed by atoms with Gasteiger partial charge in [-0.1, -0.05) is 59.3 Å². The summed E-state index contributed by atoms with van der Waals surface area (Å²) in [5.74, 6) is 0.803. The van der Waals surface area contributed by atoms with Crippen molar-refractivity contribution in [2.24, 2.45) is 0 Å². The van der Waals surface area contributed by atoms with Crippen LogP contribution in [-0.2, 0) is 14.9 Å². The van der Waals surface area contributed by atoms with Crippen LogP contribution in [0.2, 0.25) is 0 Å². The fraction of sp³-hybridized carbons (Fsp3) is 0.708. The molecule has 0 aromatic heterocycles. The highest BCUT2D eigenvalue weighted by Gasteiger charge is 2.19. The minimum atomic E-state index is -4.05. The van der Waals surface area contributed by atoms with Crippen LogP contribution in [0.5, 0.6) is 11.5 Å². The Kier molecular flexibility index (Phi) is 16.4. The zero-order chi connectivity index (χ0) is 23.8. The van der Waals surface area contributed by atoms with Crippen molar-refractivity contribution < 1.29 is 32.0 Å². The molecule has 1 unspecified atom stereocenters. The Morgan fingerprint density at radius 3 is 2.00 bits per heavy atom.